The van der Waals surface area contributed by atoms with Crippen LogP contribution in [0.25, 0.3) is 0 Å². The molecule has 0 spiro atoms. The van der Waals surface area contributed by atoms with Crippen LogP contribution in [0.1, 0.15) is 90.5 Å². The van der Waals surface area contributed by atoms with E-state index in [9.17, 15) is 14.4 Å². The van der Waals surface area contributed by atoms with Gasteiger partial charge in [-0.05, 0) is 62.9 Å². The molecule has 0 aromatic heterocycles. The lowest BCUT2D eigenvalue weighted by Gasteiger charge is -2.08. The summed E-state index contributed by atoms with van der Waals surface area (Å²) in [5.41, 5.74) is 4.22. The van der Waals surface area contributed by atoms with Gasteiger partial charge in [-0.2, -0.15) is 5.10 Å². The number of rotatable bonds is 21. The number of nitrogens with one attached hydrogen (secondary N) is 2. The van der Waals surface area contributed by atoms with Gasteiger partial charge in [-0.3, -0.25) is 9.59 Å². The van der Waals surface area contributed by atoms with Crippen molar-refractivity contribution in [2.75, 3.05) is 24.7 Å². The minimum absolute atomic E-state index is 0.0836. The maximum atomic E-state index is 12.0. The molecule has 0 aliphatic rings. The van der Waals surface area contributed by atoms with E-state index in [0.29, 0.717) is 43.8 Å². The second-order valence-corrected chi connectivity index (χ2v) is 11.4. The summed E-state index contributed by atoms with van der Waals surface area (Å²) in [4.78, 5) is 34.8. The van der Waals surface area contributed by atoms with Gasteiger partial charge in [-0.25, -0.2) is 5.43 Å². The van der Waals surface area contributed by atoms with Gasteiger partial charge in [0.1, 0.15) is 11.5 Å². The summed E-state index contributed by atoms with van der Waals surface area (Å²) in [5.74, 6) is 2.54. The number of ketones is 1. The summed E-state index contributed by atoms with van der Waals surface area (Å²) >= 11 is 0. The Morgan fingerprint density at radius 1 is 0.833 bits per heavy atom. The van der Waals surface area contributed by atoms with Crippen LogP contribution in [0.4, 0.5) is 0 Å². The van der Waals surface area contributed by atoms with Gasteiger partial charge in [0, 0.05) is 37.3 Å². The van der Waals surface area contributed by atoms with Gasteiger partial charge in [0.15, 0.2) is 0 Å². The van der Waals surface area contributed by atoms with Gasteiger partial charge in [0.2, 0.25) is 11.8 Å². The number of carbonyl (C=O) groups is 3. The van der Waals surface area contributed by atoms with Crippen molar-refractivity contribution in [3.8, 4) is 5.75 Å². The molecule has 0 saturated heterocycles. The van der Waals surface area contributed by atoms with E-state index in [1.165, 1.54) is 25.7 Å². The Bertz CT molecular complexity index is 801. The molecule has 9 heteroatoms. The quantitative estimate of drug-likeness (QED) is 0.0875. The molecule has 36 heavy (non-hydrogen) atoms. The van der Waals surface area contributed by atoms with Gasteiger partial charge < -0.3 is 14.8 Å². The minimum atomic E-state index is -0.119. The van der Waals surface area contributed by atoms with Gasteiger partial charge in [-0.1, -0.05) is 54.2 Å². The number of Topliss-reactive ketones (excluding diaryl/α,β-unsaturated/α-hetero) is 1. The summed E-state index contributed by atoms with van der Waals surface area (Å²) in [6.07, 6.45) is 8.98. The Kier molecular flexibility index (Phi) is 18.8. The lowest BCUT2D eigenvalue weighted by atomic mass is 10.1. The third-order valence-corrected chi connectivity index (χ3v) is 7.78. The first-order chi connectivity index (χ1) is 17.4. The van der Waals surface area contributed by atoms with Gasteiger partial charge in [-0.15, -0.1) is 0 Å². The second-order valence-electron chi connectivity index (χ2n) is 8.67. The maximum absolute atomic E-state index is 12.0. The molecule has 0 heterocycles. The van der Waals surface area contributed by atoms with Crippen LogP contribution >= 0.6 is 21.6 Å². The monoisotopic (exact) mass is 537 g/mol. The number of unbranched alkanes of at least 4 members (excludes halogenated alkanes) is 4. The normalized spacial score (nSPS) is 11.2. The lowest BCUT2D eigenvalue weighted by Crippen LogP contribution is -2.24. The number of ether oxygens (including phenoxy) is 1. The molecule has 1 aromatic carbocycles. The molecule has 1 rings (SSSR count). The van der Waals surface area contributed by atoms with Crippen molar-refractivity contribution >= 4 is 44.9 Å². The average molecular weight is 538 g/mol. The van der Waals surface area contributed by atoms with E-state index in [2.05, 4.69) is 22.8 Å². The van der Waals surface area contributed by atoms with E-state index in [0.717, 1.165) is 36.5 Å². The number of nitrogens with zero attached hydrogens (tertiary/aromatic N) is 1. The van der Waals surface area contributed by atoms with Crippen LogP contribution < -0.4 is 15.5 Å². The molecule has 0 aliphatic heterocycles. The lowest BCUT2D eigenvalue weighted by molar-refractivity contribution is -0.121. The highest BCUT2D eigenvalue weighted by Gasteiger charge is 2.04. The molecular weight excluding hydrogens is 494 g/mol. The van der Waals surface area contributed by atoms with Gasteiger partial charge >= 0.3 is 0 Å². The third kappa shape index (κ3) is 17.4. The fourth-order valence-electron chi connectivity index (χ4n) is 3.16. The van der Waals surface area contributed by atoms with Gasteiger partial charge in [0.25, 0.3) is 0 Å². The number of hydrogen-bond acceptors (Lipinski definition) is 7. The van der Waals surface area contributed by atoms with Crippen LogP contribution in [-0.2, 0) is 14.4 Å². The van der Waals surface area contributed by atoms with Crippen molar-refractivity contribution in [1.29, 1.82) is 0 Å². The van der Waals surface area contributed by atoms with E-state index in [1.807, 2.05) is 31.2 Å². The molecule has 0 fully saturated rings. The zero-order chi connectivity index (χ0) is 26.4. The molecule has 0 atom stereocenters. The van der Waals surface area contributed by atoms with E-state index >= 15 is 0 Å². The number of amides is 2. The fourth-order valence-corrected chi connectivity index (χ4v) is 5.24. The average Bonchev–Trinajstić information content (AvgIpc) is 2.86. The highest BCUT2D eigenvalue weighted by Crippen LogP contribution is 2.23. The highest BCUT2D eigenvalue weighted by atomic mass is 33.1. The van der Waals surface area contributed by atoms with E-state index in [1.54, 1.807) is 28.5 Å². The topological polar surface area (TPSA) is 96.9 Å². The molecule has 0 unspecified atom stereocenters. The summed E-state index contributed by atoms with van der Waals surface area (Å²) in [6, 6.07) is 7.54. The first-order valence-corrected chi connectivity index (χ1v) is 15.5. The van der Waals surface area contributed by atoms with E-state index < -0.39 is 0 Å². The molecule has 2 amide bonds. The van der Waals surface area contributed by atoms with Crippen molar-refractivity contribution in [2.24, 2.45) is 5.10 Å². The molecule has 0 saturated carbocycles. The smallest absolute Gasteiger partial charge is 0.240 e. The van der Waals surface area contributed by atoms with Gasteiger partial charge in [0.05, 0.1) is 12.3 Å². The zero-order valence-corrected chi connectivity index (χ0v) is 23.7. The summed E-state index contributed by atoms with van der Waals surface area (Å²) in [6.45, 7) is 6.89. The van der Waals surface area contributed by atoms with E-state index in [-0.39, 0.29) is 17.6 Å². The fraction of sp³-hybridized carbons (Fsp3) is 0.630. The van der Waals surface area contributed by atoms with Crippen LogP contribution in [0.5, 0.6) is 5.75 Å². The SMILES string of the molecule is CCCCCCCNC(=O)CCCOc1ccc(/C(C)=N/NC(=O)CCSSCCCC(C)=O)cc1. The van der Waals surface area contributed by atoms with Crippen LogP contribution in [-0.4, -0.2) is 48.0 Å². The van der Waals surface area contributed by atoms with Crippen molar-refractivity contribution in [3.63, 3.8) is 0 Å². The standard InChI is InChI=1S/C27H43N3O4S2/c1-4-5-6-7-8-18-28-26(32)12-9-19-34-25-15-13-24(14-16-25)23(3)29-30-27(33)17-21-36-35-20-10-11-22(2)31/h13-16H,4-12,17-21H2,1-3H3,(H,28,32)(H,30,33)/b29-23+. The molecule has 1 aromatic rings. The Labute approximate surface area is 224 Å². The van der Waals surface area contributed by atoms with Crippen molar-refractivity contribution in [3.05, 3.63) is 29.8 Å². The van der Waals surface area contributed by atoms with Crippen LogP contribution in [0, 0.1) is 0 Å². The number of hydrazone groups is 1. The summed E-state index contributed by atoms with van der Waals surface area (Å²) in [7, 11) is 3.33. The largest absolute Gasteiger partial charge is 0.494 e. The predicted molar refractivity (Wildman–Crippen MR) is 153 cm³/mol. The first-order valence-electron chi connectivity index (χ1n) is 13.0. The third-order valence-electron chi connectivity index (χ3n) is 5.29. The summed E-state index contributed by atoms with van der Waals surface area (Å²) < 4.78 is 5.74. The molecule has 202 valence electrons. The molecule has 0 radical (unpaired) electrons. The first kappa shape index (κ1) is 32.0. The van der Waals surface area contributed by atoms with Crippen LogP contribution in [0.2, 0.25) is 0 Å². The number of carbonyl (C=O) groups excluding carboxylic acids is 3. The molecule has 0 aliphatic carbocycles. The van der Waals surface area contributed by atoms with Crippen molar-refractivity contribution in [1.82, 2.24) is 10.7 Å². The Morgan fingerprint density at radius 3 is 2.28 bits per heavy atom. The zero-order valence-electron chi connectivity index (χ0n) is 22.1. The Balaban J connectivity index is 2.17. The Morgan fingerprint density at radius 2 is 1.56 bits per heavy atom. The maximum Gasteiger partial charge on any atom is 0.240 e. The predicted octanol–water partition coefficient (Wildman–Crippen LogP) is 5.91. The van der Waals surface area contributed by atoms with Crippen LogP contribution in [0.15, 0.2) is 29.4 Å². The number of benzene rings is 1. The van der Waals surface area contributed by atoms with Crippen molar-refractivity contribution in [2.45, 2.75) is 85.0 Å². The highest BCUT2D eigenvalue weighted by molar-refractivity contribution is 8.76. The summed E-state index contributed by atoms with van der Waals surface area (Å²) in [5, 5.41) is 7.16. The minimum Gasteiger partial charge on any atom is -0.494 e. The Hall–Kier alpha value is -2.00. The van der Waals surface area contributed by atoms with Crippen molar-refractivity contribution < 1.29 is 19.1 Å². The molecular formula is C27H43N3O4S2. The second kappa shape index (κ2) is 21.1. The van der Waals surface area contributed by atoms with Crippen LogP contribution in [0.3, 0.4) is 0 Å². The molecule has 2 N–H and O–H groups in total. The molecule has 0 bridgehead atoms. The van der Waals surface area contributed by atoms with E-state index in [4.69, 9.17) is 4.74 Å². The molecule has 7 nitrogen and oxygen atoms in total. The number of hydrogen-bond donors (Lipinski definition) is 2.